The van der Waals surface area contributed by atoms with E-state index in [0.717, 1.165) is 16.5 Å². The van der Waals surface area contributed by atoms with E-state index in [1.54, 1.807) is 13.3 Å². The van der Waals surface area contributed by atoms with Gasteiger partial charge in [0, 0.05) is 18.7 Å². The van der Waals surface area contributed by atoms with Gasteiger partial charge in [-0.25, -0.2) is 0 Å². The highest BCUT2D eigenvalue weighted by molar-refractivity contribution is 5.79. The second-order valence-electron chi connectivity index (χ2n) is 4.92. The predicted octanol–water partition coefficient (Wildman–Crippen LogP) is 2.72. The van der Waals surface area contributed by atoms with Gasteiger partial charge in [0.25, 0.3) is 0 Å². The Kier molecular flexibility index (Phi) is 3.64. The molecule has 3 heteroatoms. The summed E-state index contributed by atoms with van der Waals surface area (Å²) in [4.78, 5) is 4.32. The molecular formula is C15H19NO2. The summed E-state index contributed by atoms with van der Waals surface area (Å²) in [7, 11) is 1.60. The van der Waals surface area contributed by atoms with Gasteiger partial charge >= 0.3 is 0 Å². The number of hydrogen-bond acceptors (Lipinski definition) is 3. The van der Waals surface area contributed by atoms with Crippen molar-refractivity contribution in [3.8, 4) is 0 Å². The number of fused-ring (bicyclic) bond motifs is 1. The zero-order valence-electron chi connectivity index (χ0n) is 11.1. The number of aromatic nitrogens is 1. The smallest absolute Gasteiger partial charge is 0.115 e. The molecule has 0 bridgehead atoms. The summed E-state index contributed by atoms with van der Waals surface area (Å²) in [6.07, 6.45) is 1.76. The van der Waals surface area contributed by atoms with E-state index in [2.05, 4.69) is 4.98 Å². The van der Waals surface area contributed by atoms with Gasteiger partial charge in [0.1, 0.15) is 5.60 Å². The van der Waals surface area contributed by atoms with Crippen LogP contribution in [0.1, 0.15) is 19.4 Å². The van der Waals surface area contributed by atoms with Crippen LogP contribution in [-0.2, 0) is 10.3 Å². The van der Waals surface area contributed by atoms with Crippen LogP contribution in [0.4, 0.5) is 0 Å². The molecule has 1 aromatic carbocycles. The largest absolute Gasteiger partial charge is 0.382 e. The van der Waals surface area contributed by atoms with Crippen LogP contribution in [0.2, 0.25) is 0 Å². The van der Waals surface area contributed by atoms with E-state index in [9.17, 15) is 5.11 Å². The number of nitrogens with zero attached hydrogens (tertiary/aromatic N) is 1. The average Bonchev–Trinajstić information content (AvgIpc) is 2.38. The number of hydrogen-bond donors (Lipinski definition) is 1. The molecule has 96 valence electrons. The normalized spacial score (nSPS) is 14.9. The van der Waals surface area contributed by atoms with Crippen molar-refractivity contribution in [1.29, 1.82) is 0 Å². The first-order valence-corrected chi connectivity index (χ1v) is 6.14. The van der Waals surface area contributed by atoms with Crippen molar-refractivity contribution >= 4 is 10.9 Å². The summed E-state index contributed by atoms with van der Waals surface area (Å²) in [5, 5.41) is 11.8. The third kappa shape index (κ3) is 2.24. The van der Waals surface area contributed by atoms with Crippen LogP contribution in [0.25, 0.3) is 10.9 Å². The fourth-order valence-electron chi connectivity index (χ4n) is 2.14. The Morgan fingerprint density at radius 2 is 2.11 bits per heavy atom. The van der Waals surface area contributed by atoms with Gasteiger partial charge in [0.15, 0.2) is 0 Å². The molecule has 0 aliphatic rings. The molecule has 1 atom stereocenters. The summed E-state index contributed by atoms with van der Waals surface area (Å²) in [6, 6.07) is 9.79. The molecule has 0 amide bonds. The Labute approximate surface area is 107 Å². The Morgan fingerprint density at radius 1 is 1.33 bits per heavy atom. The van der Waals surface area contributed by atoms with Crippen molar-refractivity contribution in [1.82, 2.24) is 4.98 Å². The molecule has 1 unspecified atom stereocenters. The minimum absolute atomic E-state index is 0.0682. The molecule has 0 saturated heterocycles. The lowest BCUT2D eigenvalue weighted by Crippen LogP contribution is -2.36. The maximum Gasteiger partial charge on any atom is 0.115 e. The predicted molar refractivity (Wildman–Crippen MR) is 72.4 cm³/mol. The summed E-state index contributed by atoms with van der Waals surface area (Å²) >= 11 is 0. The van der Waals surface area contributed by atoms with Gasteiger partial charge in [0.2, 0.25) is 0 Å². The van der Waals surface area contributed by atoms with E-state index in [4.69, 9.17) is 4.74 Å². The first-order valence-electron chi connectivity index (χ1n) is 6.14. The number of benzene rings is 1. The van der Waals surface area contributed by atoms with Crippen LogP contribution in [0.5, 0.6) is 0 Å². The van der Waals surface area contributed by atoms with Gasteiger partial charge in [-0.15, -0.1) is 0 Å². The monoisotopic (exact) mass is 245 g/mol. The van der Waals surface area contributed by atoms with Crippen molar-refractivity contribution in [2.24, 2.45) is 5.92 Å². The van der Waals surface area contributed by atoms with Crippen molar-refractivity contribution in [2.75, 3.05) is 13.7 Å². The summed E-state index contributed by atoms with van der Waals surface area (Å²) in [6.45, 7) is 4.26. The van der Waals surface area contributed by atoms with Crippen LogP contribution >= 0.6 is 0 Å². The van der Waals surface area contributed by atoms with Crippen LogP contribution in [0, 0.1) is 5.92 Å². The quantitative estimate of drug-likeness (QED) is 0.900. The standard InChI is InChI=1S/C15H19NO2/c1-11(2)15(17,10-18-3)13-7-6-12-5-4-8-16-14(12)9-13/h4-9,11,17H,10H2,1-3H3. The lowest BCUT2D eigenvalue weighted by Gasteiger charge is -2.32. The maximum atomic E-state index is 10.8. The second kappa shape index (κ2) is 5.04. The molecule has 0 aliphatic heterocycles. The van der Waals surface area contributed by atoms with Gasteiger partial charge in [-0.2, -0.15) is 0 Å². The number of pyridine rings is 1. The van der Waals surface area contributed by atoms with Gasteiger partial charge in [-0.05, 0) is 23.6 Å². The fraction of sp³-hybridized carbons (Fsp3) is 0.400. The Balaban J connectivity index is 2.51. The molecule has 1 aromatic heterocycles. The molecule has 1 N–H and O–H groups in total. The zero-order valence-corrected chi connectivity index (χ0v) is 11.1. The van der Waals surface area contributed by atoms with Crippen molar-refractivity contribution in [3.05, 3.63) is 42.1 Å². The van der Waals surface area contributed by atoms with Gasteiger partial charge in [-0.1, -0.05) is 32.0 Å². The minimum atomic E-state index is -0.972. The Morgan fingerprint density at radius 3 is 2.78 bits per heavy atom. The first-order chi connectivity index (χ1) is 8.58. The molecule has 0 saturated carbocycles. The lowest BCUT2D eigenvalue weighted by atomic mass is 9.83. The van der Waals surface area contributed by atoms with Gasteiger partial charge < -0.3 is 9.84 Å². The summed E-state index contributed by atoms with van der Waals surface area (Å²) in [5.41, 5.74) is 0.774. The Bertz CT molecular complexity index is 539. The van der Waals surface area contributed by atoms with Crippen molar-refractivity contribution in [2.45, 2.75) is 19.4 Å². The van der Waals surface area contributed by atoms with Crippen LogP contribution in [-0.4, -0.2) is 23.8 Å². The number of aliphatic hydroxyl groups is 1. The van der Waals surface area contributed by atoms with Crippen molar-refractivity contribution in [3.63, 3.8) is 0 Å². The number of ether oxygens (including phenoxy) is 1. The highest BCUT2D eigenvalue weighted by Crippen LogP contribution is 2.31. The first kappa shape index (κ1) is 13.0. The van der Waals surface area contributed by atoms with Gasteiger partial charge in [-0.3, -0.25) is 4.98 Å². The van der Waals surface area contributed by atoms with Gasteiger partial charge in [0.05, 0.1) is 12.1 Å². The molecular weight excluding hydrogens is 226 g/mol. The minimum Gasteiger partial charge on any atom is -0.382 e. The Hall–Kier alpha value is -1.45. The molecule has 2 aromatic rings. The fourth-order valence-corrected chi connectivity index (χ4v) is 2.14. The van der Waals surface area contributed by atoms with E-state index in [1.165, 1.54) is 0 Å². The number of methoxy groups -OCH3 is 1. The highest BCUT2D eigenvalue weighted by atomic mass is 16.5. The van der Waals surface area contributed by atoms with E-state index in [0.29, 0.717) is 0 Å². The topological polar surface area (TPSA) is 42.4 Å². The molecule has 0 aliphatic carbocycles. The third-order valence-corrected chi connectivity index (χ3v) is 3.43. The zero-order chi connectivity index (χ0) is 13.2. The summed E-state index contributed by atoms with van der Waals surface area (Å²) < 4.78 is 5.16. The molecule has 0 fully saturated rings. The maximum absolute atomic E-state index is 10.8. The van der Waals surface area contributed by atoms with Crippen LogP contribution in [0.15, 0.2) is 36.5 Å². The molecule has 0 radical (unpaired) electrons. The SMILES string of the molecule is COCC(O)(c1ccc2cccnc2c1)C(C)C. The van der Waals surface area contributed by atoms with Crippen LogP contribution in [0.3, 0.4) is 0 Å². The van der Waals surface area contributed by atoms with Crippen molar-refractivity contribution < 1.29 is 9.84 Å². The van der Waals surface area contributed by atoms with E-state index in [1.807, 2.05) is 44.2 Å². The molecule has 18 heavy (non-hydrogen) atoms. The highest BCUT2D eigenvalue weighted by Gasteiger charge is 2.33. The average molecular weight is 245 g/mol. The number of rotatable bonds is 4. The van der Waals surface area contributed by atoms with Crippen LogP contribution < -0.4 is 0 Å². The second-order valence-corrected chi connectivity index (χ2v) is 4.92. The lowest BCUT2D eigenvalue weighted by molar-refractivity contribution is -0.0699. The molecule has 2 rings (SSSR count). The van der Waals surface area contributed by atoms with E-state index >= 15 is 0 Å². The molecule has 0 spiro atoms. The third-order valence-electron chi connectivity index (χ3n) is 3.43. The summed E-state index contributed by atoms with van der Waals surface area (Å²) in [5.74, 6) is 0.0682. The van der Waals surface area contributed by atoms with E-state index < -0.39 is 5.60 Å². The van der Waals surface area contributed by atoms with E-state index in [-0.39, 0.29) is 12.5 Å². The molecule has 1 heterocycles. The molecule has 3 nitrogen and oxygen atoms in total.